The minimum atomic E-state index is -0.167. The van der Waals surface area contributed by atoms with Gasteiger partial charge in [0.25, 0.3) is 0 Å². The van der Waals surface area contributed by atoms with Crippen LogP contribution in [0.25, 0.3) is 0 Å². The number of halogens is 1. The van der Waals surface area contributed by atoms with Crippen molar-refractivity contribution < 1.29 is 9.50 Å². The van der Waals surface area contributed by atoms with Crippen molar-refractivity contribution in [2.45, 2.75) is 31.4 Å². The molecule has 1 aromatic rings. The lowest BCUT2D eigenvalue weighted by molar-refractivity contribution is 0.0671. The Bertz CT molecular complexity index is 432. The Labute approximate surface area is 113 Å². The average molecular weight is 264 g/mol. The van der Waals surface area contributed by atoms with Crippen molar-refractivity contribution in [1.29, 1.82) is 0 Å². The molecule has 1 aliphatic heterocycles. The predicted molar refractivity (Wildman–Crippen MR) is 73.8 cm³/mol. The van der Waals surface area contributed by atoms with E-state index in [-0.39, 0.29) is 11.9 Å². The first-order chi connectivity index (χ1) is 9.25. The van der Waals surface area contributed by atoms with Crippen molar-refractivity contribution in [3.8, 4) is 0 Å². The summed E-state index contributed by atoms with van der Waals surface area (Å²) in [6, 6.07) is 7.29. The summed E-state index contributed by atoms with van der Waals surface area (Å²) >= 11 is 0. The smallest absolute Gasteiger partial charge is 0.146 e. The van der Waals surface area contributed by atoms with Gasteiger partial charge in [0.2, 0.25) is 0 Å². The van der Waals surface area contributed by atoms with Crippen LogP contribution in [0.3, 0.4) is 0 Å². The van der Waals surface area contributed by atoms with Gasteiger partial charge in [-0.25, -0.2) is 4.39 Å². The number of para-hydroxylation sites is 1. The third-order valence-electron chi connectivity index (χ3n) is 4.42. The van der Waals surface area contributed by atoms with Crippen LogP contribution in [0.2, 0.25) is 0 Å². The van der Waals surface area contributed by atoms with E-state index in [4.69, 9.17) is 0 Å². The largest absolute Gasteiger partial charge is 0.391 e. The van der Waals surface area contributed by atoms with Crippen molar-refractivity contribution in [3.05, 3.63) is 30.1 Å². The summed E-state index contributed by atoms with van der Waals surface area (Å²) in [5, 5.41) is 9.95. The third kappa shape index (κ3) is 2.60. The van der Waals surface area contributed by atoms with Crippen molar-refractivity contribution in [3.63, 3.8) is 0 Å². The zero-order valence-corrected chi connectivity index (χ0v) is 11.1. The lowest BCUT2D eigenvalue weighted by Gasteiger charge is -2.40. The maximum absolute atomic E-state index is 13.7. The van der Waals surface area contributed by atoms with E-state index in [1.807, 2.05) is 12.1 Å². The molecular formula is C15H21FN2O. The normalized spacial score (nSPS) is 28.8. The molecular weight excluding hydrogens is 243 g/mol. The number of piperazine rings is 1. The van der Waals surface area contributed by atoms with E-state index < -0.39 is 0 Å². The van der Waals surface area contributed by atoms with Gasteiger partial charge in [0.05, 0.1) is 11.8 Å². The van der Waals surface area contributed by atoms with Crippen LogP contribution in [0.15, 0.2) is 24.3 Å². The molecule has 0 aromatic heterocycles. The lowest BCUT2D eigenvalue weighted by Crippen LogP contribution is -2.52. The molecule has 1 aliphatic carbocycles. The number of aliphatic hydroxyl groups is 1. The molecule has 1 heterocycles. The Kier molecular flexibility index (Phi) is 3.71. The molecule has 19 heavy (non-hydrogen) atoms. The minimum Gasteiger partial charge on any atom is -0.391 e. The Morgan fingerprint density at radius 3 is 2.42 bits per heavy atom. The molecule has 1 N–H and O–H groups in total. The number of hydrogen-bond acceptors (Lipinski definition) is 3. The Balaban J connectivity index is 1.62. The summed E-state index contributed by atoms with van der Waals surface area (Å²) < 4.78 is 13.7. The molecule has 0 bridgehead atoms. The van der Waals surface area contributed by atoms with Gasteiger partial charge in [-0.3, -0.25) is 4.90 Å². The molecule has 2 fully saturated rings. The molecule has 0 unspecified atom stereocenters. The SMILES string of the molecule is O[C@H]1CCC[C@@H]1N1CCN(c2ccccc2F)CC1. The summed E-state index contributed by atoms with van der Waals surface area (Å²) in [6.07, 6.45) is 2.98. The van der Waals surface area contributed by atoms with Crippen molar-refractivity contribution >= 4 is 5.69 Å². The van der Waals surface area contributed by atoms with E-state index >= 15 is 0 Å². The van der Waals surface area contributed by atoms with Gasteiger partial charge < -0.3 is 10.0 Å². The molecule has 2 atom stereocenters. The first-order valence-corrected chi connectivity index (χ1v) is 7.17. The second kappa shape index (κ2) is 5.47. The van der Waals surface area contributed by atoms with E-state index in [0.29, 0.717) is 11.7 Å². The van der Waals surface area contributed by atoms with Gasteiger partial charge in [-0.2, -0.15) is 0 Å². The Morgan fingerprint density at radius 1 is 1.05 bits per heavy atom. The molecule has 1 saturated carbocycles. The number of rotatable bonds is 2. The average Bonchev–Trinajstić information content (AvgIpc) is 2.86. The first kappa shape index (κ1) is 12.9. The molecule has 4 heteroatoms. The van der Waals surface area contributed by atoms with Gasteiger partial charge >= 0.3 is 0 Å². The van der Waals surface area contributed by atoms with Crippen molar-refractivity contribution in [2.24, 2.45) is 0 Å². The van der Waals surface area contributed by atoms with Crippen LogP contribution in [0, 0.1) is 5.82 Å². The fourth-order valence-corrected chi connectivity index (χ4v) is 3.35. The number of aliphatic hydroxyl groups excluding tert-OH is 1. The predicted octanol–water partition coefficient (Wildman–Crippen LogP) is 1.86. The van der Waals surface area contributed by atoms with Crippen LogP contribution >= 0.6 is 0 Å². The Hall–Kier alpha value is -1.13. The van der Waals surface area contributed by atoms with Crippen LogP contribution < -0.4 is 4.90 Å². The molecule has 0 amide bonds. The topological polar surface area (TPSA) is 26.7 Å². The van der Waals surface area contributed by atoms with Gasteiger partial charge in [-0.1, -0.05) is 12.1 Å². The van der Waals surface area contributed by atoms with Crippen LogP contribution in [-0.2, 0) is 0 Å². The standard InChI is InChI=1S/C15H21FN2O/c16-12-4-1-2-5-13(12)17-8-10-18(11-9-17)14-6-3-7-15(14)19/h1-2,4-5,14-15,19H,3,6-11H2/t14-,15-/m0/s1. The maximum atomic E-state index is 13.7. The summed E-state index contributed by atoms with van der Waals surface area (Å²) in [4.78, 5) is 4.47. The summed E-state index contributed by atoms with van der Waals surface area (Å²) in [7, 11) is 0. The van der Waals surface area contributed by atoms with Gasteiger partial charge in [-0.05, 0) is 31.4 Å². The van der Waals surface area contributed by atoms with E-state index in [1.54, 1.807) is 6.07 Å². The van der Waals surface area contributed by atoms with Crippen molar-refractivity contribution in [2.75, 3.05) is 31.1 Å². The zero-order valence-electron chi connectivity index (χ0n) is 11.1. The highest BCUT2D eigenvalue weighted by atomic mass is 19.1. The number of benzene rings is 1. The van der Waals surface area contributed by atoms with Gasteiger partial charge in [0.1, 0.15) is 5.82 Å². The molecule has 104 valence electrons. The van der Waals surface area contributed by atoms with E-state index in [9.17, 15) is 9.50 Å². The number of anilines is 1. The fourth-order valence-electron chi connectivity index (χ4n) is 3.35. The second-order valence-electron chi connectivity index (χ2n) is 5.54. The lowest BCUT2D eigenvalue weighted by atomic mass is 10.1. The second-order valence-corrected chi connectivity index (χ2v) is 5.54. The van der Waals surface area contributed by atoms with E-state index in [0.717, 1.165) is 45.4 Å². The van der Waals surface area contributed by atoms with E-state index in [2.05, 4.69) is 9.80 Å². The molecule has 2 aliphatic rings. The highest BCUT2D eigenvalue weighted by Gasteiger charge is 2.32. The van der Waals surface area contributed by atoms with Gasteiger partial charge in [0, 0.05) is 32.2 Å². The highest BCUT2D eigenvalue weighted by Crippen LogP contribution is 2.26. The third-order valence-corrected chi connectivity index (χ3v) is 4.42. The molecule has 3 rings (SSSR count). The van der Waals surface area contributed by atoms with Crippen LogP contribution in [-0.4, -0.2) is 48.3 Å². The quantitative estimate of drug-likeness (QED) is 0.883. The fraction of sp³-hybridized carbons (Fsp3) is 0.600. The zero-order chi connectivity index (χ0) is 13.2. The molecule has 1 aromatic carbocycles. The molecule has 0 spiro atoms. The number of nitrogens with zero attached hydrogens (tertiary/aromatic N) is 2. The number of hydrogen-bond donors (Lipinski definition) is 1. The van der Waals surface area contributed by atoms with Gasteiger partial charge in [0.15, 0.2) is 0 Å². The van der Waals surface area contributed by atoms with Crippen LogP contribution in [0.5, 0.6) is 0 Å². The van der Waals surface area contributed by atoms with Crippen molar-refractivity contribution in [1.82, 2.24) is 4.90 Å². The molecule has 0 radical (unpaired) electrons. The first-order valence-electron chi connectivity index (χ1n) is 7.17. The maximum Gasteiger partial charge on any atom is 0.146 e. The summed E-state index contributed by atoms with van der Waals surface area (Å²) in [6.45, 7) is 3.50. The molecule has 3 nitrogen and oxygen atoms in total. The minimum absolute atomic E-state index is 0.142. The Morgan fingerprint density at radius 2 is 1.79 bits per heavy atom. The van der Waals surface area contributed by atoms with E-state index in [1.165, 1.54) is 6.07 Å². The van der Waals surface area contributed by atoms with Crippen LogP contribution in [0.4, 0.5) is 10.1 Å². The summed E-state index contributed by atoms with van der Waals surface area (Å²) in [5.74, 6) is -0.142. The van der Waals surface area contributed by atoms with Gasteiger partial charge in [-0.15, -0.1) is 0 Å². The highest BCUT2D eigenvalue weighted by molar-refractivity contribution is 5.48. The molecule has 1 saturated heterocycles. The summed E-state index contributed by atoms with van der Waals surface area (Å²) in [5.41, 5.74) is 0.703. The van der Waals surface area contributed by atoms with Crippen LogP contribution in [0.1, 0.15) is 19.3 Å². The monoisotopic (exact) mass is 264 g/mol.